The first-order chi connectivity index (χ1) is 6.71. The molecule has 3 aliphatic rings. The molecule has 1 heterocycles. The summed E-state index contributed by atoms with van der Waals surface area (Å²) in [6.07, 6.45) is 12.7. The molecule has 0 aromatic rings. The van der Waals surface area contributed by atoms with Gasteiger partial charge in [-0.1, -0.05) is 43.4 Å². The van der Waals surface area contributed by atoms with Gasteiger partial charge in [-0.3, -0.25) is 4.79 Å². The zero-order valence-electron chi connectivity index (χ0n) is 8.10. The average Bonchev–Trinajstić information content (AvgIpc) is 2.31. The highest BCUT2D eigenvalue weighted by Crippen LogP contribution is 2.46. The molecule has 4 atom stereocenters. The first kappa shape index (κ1) is 8.04. The van der Waals surface area contributed by atoms with Gasteiger partial charge >= 0.3 is 0 Å². The molecule has 2 nitrogen and oxygen atoms in total. The minimum atomic E-state index is -0.0920. The highest BCUT2D eigenvalue weighted by atomic mass is 16.2. The molecule has 2 heteroatoms. The Kier molecular flexibility index (Phi) is 1.37. The molecule has 1 saturated heterocycles. The van der Waals surface area contributed by atoms with Gasteiger partial charge in [0.1, 0.15) is 0 Å². The van der Waals surface area contributed by atoms with Crippen molar-refractivity contribution in [1.29, 1.82) is 0 Å². The number of hydrogen-bond acceptors (Lipinski definition) is 1. The summed E-state index contributed by atoms with van der Waals surface area (Å²) in [6.45, 7) is 2.13. The summed E-state index contributed by atoms with van der Waals surface area (Å²) < 4.78 is 0. The first-order valence-electron chi connectivity index (χ1n) is 5.06. The molecule has 0 radical (unpaired) electrons. The summed E-state index contributed by atoms with van der Waals surface area (Å²) in [6, 6.07) is 0.219. The normalized spacial score (nSPS) is 47.8. The zero-order valence-corrected chi connectivity index (χ0v) is 8.10. The van der Waals surface area contributed by atoms with E-state index in [1.807, 2.05) is 0 Å². The number of hydrogen-bond donors (Lipinski definition) is 1. The van der Waals surface area contributed by atoms with Crippen LogP contribution >= 0.6 is 0 Å². The Morgan fingerprint density at radius 2 is 2.14 bits per heavy atom. The molecule has 4 bridgehead atoms. The third kappa shape index (κ3) is 0.834. The van der Waals surface area contributed by atoms with Crippen molar-refractivity contribution in [2.24, 2.45) is 17.3 Å². The molecule has 1 fully saturated rings. The molecule has 2 aliphatic carbocycles. The van der Waals surface area contributed by atoms with Crippen molar-refractivity contribution in [3.63, 3.8) is 0 Å². The minimum absolute atomic E-state index is 0.0903. The number of amides is 1. The van der Waals surface area contributed by atoms with Crippen LogP contribution in [0.25, 0.3) is 0 Å². The summed E-state index contributed by atoms with van der Waals surface area (Å²) in [7, 11) is 0. The SMILES string of the molecule is C[C@@]12C=CC=C[C@@H]3[C@@H](C=C1)NC(=O)[C@@H]32. The highest BCUT2D eigenvalue weighted by molar-refractivity contribution is 5.85. The Hall–Kier alpha value is -1.31. The van der Waals surface area contributed by atoms with Crippen LogP contribution < -0.4 is 5.32 Å². The second-order valence-corrected chi connectivity index (χ2v) is 4.56. The lowest BCUT2D eigenvalue weighted by atomic mass is 9.67. The van der Waals surface area contributed by atoms with Crippen molar-refractivity contribution in [1.82, 2.24) is 5.32 Å². The molecule has 1 N–H and O–H groups in total. The Morgan fingerprint density at radius 3 is 3.00 bits per heavy atom. The predicted molar refractivity (Wildman–Crippen MR) is 54.4 cm³/mol. The molecule has 1 amide bonds. The van der Waals surface area contributed by atoms with Gasteiger partial charge in [0.25, 0.3) is 0 Å². The van der Waals surface area contributed by atoms with E-state index in [1.165, 1.54) is 0 Å². The lowest BCUT2D eigenvalue weighted by Gasteiger charge is -2.33. The first-order valence-corrected chi connectivity index (χ1v) is 5.06. The van der Waals surface area contributed by atoms with Crippen molar-refractivity contribution in [2.45, 2.75) is 13.0 Å². The van der Waals surface area contributed by atoms with Gasteiger partial charge in [-0.25, -0.2) is 0 Å². The van der Waals surface area contributed by atoms with E-state index in [9.17, 15) is 4.79 Å². The van der Waals surface area contributed by atoms with Crippen molar-refractivity contribution < 1.29 is 4.79 Å². The largest absolute Gasteiger partial charge is 0.349 e. The smallest absolute Gasteiger partial charge is 0.225 e. The van der Waals surface area contributed by atoms with E-state index in [1.54, 1.807) is 0 Å². The molecular formula is C12H13NO. The Morgan fingerprint density at radius 1 is 1.29 bits per heavy atom. The van der Waals surface area contributed by atoms with Crippen LogP contribution in [0.15, 0.2) is 36.5 Å². The molecule has 0 aromatic carbocycles. The minimum Gasteiger partial charge on any atom is -0.349 e. The fraction of sp³-hybridized carbons (Fsp3) is 0.417. The van der Waals surface area contributed by atoms with Gasteiger partial charge in [-0.15, -0.1) is 0 Å². The predicted octanol–water partition coefficient (Wildman–Crippen LogP) is 1.42. The van der Waals surface area contributed by atoms with E-state index in [0.717, 1.165) is 0 Å². The third-order valence-corrected chi connectivity index (χ3v) is 3.62. The van der Waals surface area contributed by atoms with Crippen LogP contribution in [-0.2, 0) is 4.79 Å². The lowest BCUT2D eigenvalue weighted by molar-refractivity contribution is -0.124. The van der Waals surface area contributed by atoms with Gasteiger partial charge in [-0.2, -0.15) is 0 Å². The number of carbonyl (C=O) groups excluding carboxylic acids is 1. The van der Waals surface area contributed by atoms with Gasteiger partial charge < -0.3 is 5.32 Å². The molecular weight excluding hydrogens is 174 g/mol. The molecule has 14 heavy (non-hydrogen) atoms. The fourth-order valence-electron chi connectivity index (χ4n) is 2.87. The average molecular weight is 187 g/mol. The van der Waals surface area contributed by atoms with E-state index in [0.29, 0.717) is 5.92 Å². The Labute approximate surface area is 83.4 Å². The van der Waals surface area contributed by atoms with Gasteiger partial charge in [-0.05, 0) is 0 Å². The Balaban J connectivity index is 2.20. The van der Waals surface area contributed by atoms with Gasteiger partial charge in [0.15, 0.2) is 0 Å². The van der Waals surface area contributed by atoms with Gasteiger partial charge in [0, 0.05) is 11.3 Å². The van der Waals surface area contributed by atoms with Crippen molar-refractivity contribution in [3.05, 3.63) is 36.5 Å². The second-order valence-electron chi connectivity index (χ2n) is 4.56. The summed E-state index contributed by atoms with van der Waals surface area (Å²) in [5.41, 5.74) is -0.0920. The van der Waals surface area contributed by atoms with Crippen LogP contribution in [0.5, 0.6) is 0 Å². The molecule has 0 unspecified atom stereocenters. The van der Waals surface area contributed by atoms with Crippen LogP contribution in [0.3, 0.4) is 0 Å². The number of rotatable bonds is 0. The Bertz CT molecular complexity index is 380. The second kappa shape index (κ2) is 2.38. The maximum atomic E-state index is 11.8. The van der Waals surface area contributed by atoms with Crippen molar-refractivity contribution in [3.8, 4) is 0 Å². The summed E-state index contributed by atoms with van der Waals surface area (Å²) in [4.78, 5) is 11.8. The topological polar surface area (TPSA) is 29.1 Å². The lowest BCUT2D eigenvalue weighted by Crippen LogP contribution is -2.34. The van der Waals surface area contributed by atoms with E-state index in [2.05, 4.69) is 48.7 Å². The molecule has 72 valence electrons. The van der Waals surface area contributed by atoms with Crippen molar-refractivity contribution in [2.75, 3.05) is 0 Å². The van der Waals surface area contributed by atoms with Crippen LogP contribution in [0, 0.1) is 17.3 Å². The maximum Gasteiger partial charge on any atom is 0.225 e. The van der Waals surface area contributed by atoms with E-state index < -0.39 is 0 Å². The molecule has 1 aliphatic heterocycles. The van der Waals surface area contributed by atoms with E-state index >= 15 is 0 Å². The van der Waals surface area contributed by atoms with E-state index in [4.69, 9.17) is 0 Å². The monoisotopic (exact) mass is 187 g/mol. The van der Waals surface area contributed by atoms with Gasteiger partial charge in [0.2, 0.25) is 5.91 Å². The number of allylic oxidation sites excluding steroid dienone is 4. The van der Waals surface area contributed by atoms with Crippen LogP contribution in [-0.4, -0.2) is 11.9 Å². The standard InChI is InChI=1S/C12H13NO/c1-12-6-3-2-4-8-9(5-7-12)13-11(14)10(8)12/h2-10H,1H3,(H,13,14)/t8-,9-,10-,12-/m1/s1. The van der Waals surface area contributed by atoms with E-state index in [-0.39, 0.29) is 23.3 Å². The number of nitrogens with one attached hydrogen (secondary N) is 1. The van der Waals surface area contributed by atoms with Gasteiger partial charge in [0.05, 0.1) is 12.0 Å². The zero-order chi connectivity index (χ0) is 9.76. The summed E-state index contributed by atoms with van der Waals surface area (Å²) in [5, 5.41) is 3.03. The molecule has 0 saturated carbocycles. The van der Waals surface area contributed by atoms with Crippen LogP contribution in [0.1, 0.15) is 6.92 Å². The quantitative estimate of drug-likeness (QED) is 0.571. The molecule has 3 rings (SSSR count). The van der Waals surface area contributed by atoms with Crippen molar-refractivity contribution >= 4 is 5.91 Å². The number of carbonyl (C=O) groups is 1. The molecule has 0 spiro atoms. The van der Waals surface area contributed by atoms with Crippen LogP contribution in [0.2, 0.25) is 0 Å². The summed E-state index contributed by atoms with van der Waals surface area (Å²) >= 11 is 0. The third-order valence-electron chi connectivity index (χ3n) is 3.62. The fourth-order valence-corrected chi connectivity index (χ4v) is 2.87. The highest BCUT2D eigenvalue weighted by Gasteiger charge is 2.51. The maximum absolute atomic E-state index is 11.8. The van der Waals surface area contributed by atoms with Crippen LogP contribution in [0.4, 0.5) is 0 Å². The molecule has 0 aromatic heterocycles. The summed E-state index contributed by atoms with van der Waals surface area (Å²) in [5.74, 6) is 0.628.